The molecule has 0 atom stereocenters. The summed E-state index contributed by atoms with van der Waals surface area (Å²) in [6.45, 7) is 4.01. The van der Waals surface area contributed by atoms with E-state index >= 15 is 0 Å². The van der Waals surface area contributed by atoms with Crippen LogP contribution in [0.1, 0.15) is 24.6 Å². The zero-order valence-electron chi connectivity index (χ0n) is 10.5. The van der Waals surface area contributed by atoms with Crippen molar-refractivity contribution < 1.29 is 0 Å². The molecular weight excluding hydrogens is 226 g/mol. The number of nitrogens with zero attached hydrogens (tertiary/aromatic N) is 5. The lowest BCUT2D eigenvalue weighted by atomic mass is 10.1. The summed E-state index contributed by atoms with van der Waals surface area (Å²) >= 11 is 0. The topological polar surface area (TPSA) is 46.8 Å². The molecule has 0 aliphatic carbocycles. The van der Waals surface area contributed by atoms with E-state index in [2.05, 4.69) is 24.6 Å². The Morgan fingerprint density at radius 1 is 1.22 bits per heavy atom. The van der Waals surface area contributed by atoms with Crippen LogP contribution in [0.25, 0.3) is 0 Å². The molecule has 3 rings (SSSR count). The van der Waals surface area contributed by atoms with Gasteiger partial charge in [-0.15, -0.1) is 0 Å². The average molecular weight is 243 g/mol. The lowest BCUT2D eigenvalue weighted by molar-refractivity contribution is 0.366. The molecule has 0 spiro atoms. The lowest BCUT2D eigenvalue weighted by Gasteiger charge is -2.32. The molecule has 18 heavy (non-hydrogen) atoms. The van der Waals surface area contributed by atoms with Gasteiger partial charge in [0.1, 0.15) is 5.82 Å². The second kappa shape index (κ2) is 4.76. The Morgan fingerprint density at radius 2 is 2.06 bits per heavy atom. The third kappa shape index (κ3) is 2.20. The molecule has 5 heteroatoms. The summed E-state index contributed by atoms with van der Waals surface area (Å²) in [7, 11) is 0. The Morgan fingerprint density at radius 3 is 2.72 bits per heavy atom. The van der Waals surface area contributed by atoms with Gasteiger partial charge in [0.25, 0.3) is 0 Å². The van der Waals surface area contributed by atoms with Gasteiger partial charge in [-0.3, -0.25) is 9.67 Å². The van der Waals surface area contributed by atoms with Gasteiger partial charge in [-0.1, -0.05) is 0 Å². The van der Waals surface area contributed by atoms with Gasteiger partial charge in [0.15, 0.2) is 0 Å². The molecule has 94 valence electrons. The van der Waals surface area contributed by atoms with Crippen molar-refractivity contribution in [1.29, 1.82) is 0 Å². The van der Waals surface area contributed by atoms with Gasteiger partial charge < -0.3 is 4.90 Å². The van der Waals surface area contributed by atoms with Gasteiger partial charge in [0, 0.05) is 31.7 Å². The molecule has 1 aliphatic heterocycles. The molecule has 3 heterocycles. The van der Waals surface area contributed by atoms with E-state index < -0.39 is 0 Å². The van der Waals surface area contributed by atoms with Crippen LogP contribution in [0, 0.1) is 6.92 Å². The summed E-state index contributed by atoms with van der Waals surface area (Å²) in [6.07, 6.45) is 9.75. The minimum atomic E-state index is 0.522. The average Bonchev–Trinajstić information content (AvgIpc) is 2.93. The molecule has 0 bridgehead atoms. The van der Waals surface area contributed by atoms with Crippen LogP contribution >= 0.6 is 0 Å². The maximum absolute atomic E-state index is 4.53. The molecule has 2 aromatic rings. The van der Waals surface area contributed by atoms with Crippen LogP contribution in [0.2, 0.25) is 0 Å². The van der Waals surface area contributed by atoms with Crippen LogP contribution < -0.4 is 4.90 Å². The molecule has 1 fully saturated rings. The number of aryl methyl sites for hydroxylation is 1. The highest BCUT2D eigenvalue weighted by Crippen LogP contribution is 2.24. The summed E-state index contributed by atoms with van der Waals surface area (Å²) in [5.41, 5.74) is 0.974. The maximum Gasteiger partial charge on any atom is 0.147 e. The number of hydrogen-bond donors (Lipinski definition) is 0. The smallest absolute Gasteiger partial charge is 0.147 e. The second-order valence-corrected chi connectivity index (χ2v) is 4.72. The van der Waals surface area contributed by atoms with Crippen molar-refractivity contribution >= 4 is 5.82 Å². The molecule has 1 saturated heterocycles. The third-order valence-corrected chi connectivity index (χ3v) is 3.43. The number of rotatable bonds is 2. The second-order valence-electron chi connectivity index (χ2n) is 4.72. The van der Waals surface area contributed by atoms with Crippen LogP contribution in [-0.2, 0) is 0 Å². The van der Waals surface area contributed by atoms with E-state index in [-0.39, 0.29) is 0 Å². The number of hydrogen-bond acceptors (Lipinski definition) is 4. The Hall–Kier alpha value is -1.91. The van der Waals surface area contributed by atoms with E-state index in [4.69, 9.17) is 0 Å². The van der Waals surface area contributed by atoms with E-state index in [0.717, 1.165) is 37.4 Å². The van der Waals surface area contributed by atoms with E-state index in [1.165, 1.54) is 0 Å². The number of piperidine rings is 1. The van der Waals surface area contributed by atoms with Crippen molar-refractivity contribution in [2.24, 2.45) is 0 Å². The molecule has 0 aromatic carbocycles. The largest absolute Gasteiger partial charge is 0.355 e. The fourth-order valence-electron chi connectivity index (χ4n) is 2.46. The first kappa shape index (κ1) is 11.2. The van der Waals surface area contributed by atoms with Crippen molar-refractivity contribution in [2.75, 3.05) is 18.0 Å². The maximum atomic E-state index is 4.53. The Bertz CT molecular complexity index is 500. The van der Waals surface area contributed by atoms with Crippen molar-refractivity contribution in [1.82, 2.24) is 19.7 Å². The van der Waals surface area contributed by atoms with Gasteiger partial charge in [-0.2, -0.15) is 5.10 Å². The van der Waals surface area contributed by atoms with Crippen LogP contribution in [0.4, 0.5) is 5.82 Å². The summed E-state index contributed by atoms with van der Waals surface area (Å²) in [4.78, 5) is 11.0. The number of aromatic nitrogens is 4. The summed E-state index contributed by atoms with van der Waals surface area (Å²) in [5.74, 6) is 0.994. The van der Waals surface area contributed by atoms with Crippen molar-refractivity contribution in [3.63, 3.8) is 0 Å². The van der Waals surface area contributed by atoms with E-state index in [9.17, 15) is 0 Å². The molecule has 2 aromatic heterocycles. The van der Waals surface area contributed by atoms with Crippen molar-refractivity contribution in [3.8, 4) is 0 Å². The summed E-state index contributed by atoms with van der Waals surface area (Å²) < 4.78 is 2.07. The van der Waals surface area contributed by atoms with Gasteiger partial charge in [0.2, 0.25) is 0 Å². The van der Waals surface area contributed by atoms with Crippen LogP contribution in [0.15, 0.2) is 30.9 Å². The quantitative estimate of drug-likeness (QED) is 0.807. The van der Waals surface area contributed by atoms with Gasteiger partial charge in [-0.25, -0.2) is 4.98 Å². The van der Waals surface area contributed by atoms with Crippen molar-refractivity contribution in [3.05, 3.63) is 36.5 Å². The van der Waals surface area contributed by atoms with Gasteiger partial charge >= 0.3 is 0 Å². The van der Waals surface area contributed by atoms with Crippen molar-refractivity contribution in [2.45, 2.75) is 25.8 Å². The molecule has 0 amide bonds. The first-order valence-electron chi connectivity index (χ1n) is 6.35. The third-order valence-electron chi connectivity index (χ3n) is 3.43. The fourth-order valence-corrected chi connectivity index (χ4v) is 2.46. The van der Waals surface area contributed by atoms with E-state index in [0.29, 0.717) is 6.04 Å². The van der Waals surface area contributed by atoms with Crippen LogP contribution in [-0.4, -0.2) is 32.8 Å². The molecule has 5 nitrogen and oxygen atoms in total. The van der Waals surface area contributed by atoms with E-state index in [1.807, 2.05) is 31.6 Å². The molecule has 0 saturated carbocycles. The Labute approximate surface area is 106 Å². The minimum absolute atomic E-state index is 0.522. The predicted octanol–water partition coefficient (Wildman–Crippen LogP) is 1.82. The highest BCUT2D eigenvalue weighted by atomic mass is 15.3. The first-order valence-corrected chi connectivity index (χ1v) is 6.35. The summed E-state index contributed by atoms with van der Waals surface area (Å²) in [5, 5.41) is 4.32. The lowest BCUT2D eigenvalue weighted by Crippen LogP contribution is -2.35. The molecule has 0 N–H and O–H groups in total. The Kier molecular flexibility index (Phi) is 2.96. The standard InChI is InChI=1S/C13H17N5/c1-11-9-14-10-13(16-11)17-7-3-12(4-8-17)18-6-2-5-15-18/h2,5-6,9-10,12H,3-4,7-8H2,1H3. The van der Waals surface area contributed by atoms with Crippen LogP contribution in [0.5, 0.6) is 0 Å². The monoisotopic (exact) mass is 243 g/mol. The highest BCUT2D eigenvalue weighted by molar-refractivity contribution is 5.36. The highest BCUT2D eigenvalue weighted by Gasteiger charge is 2.21. The van der Waals surface area contributed by atoms with E-state index in [1.54, 1.807) is 6.20 Å². The van der Waals surface area contributed by atoms with Gasteiger partial charge in [0.05, 0.1) is 17.9 Å². The minimum Gasteiger partial charge on any atom is -0.355 e. The zero-order valence-corrected chi connectivity index (χ0v) is 10.5. The fraction of sp³-hybridized carbons (Fsp3) is 0.462. The normalized spacial score (nSPS) is 17.1. The van der Waals surface area contributed by atoms with Crippen LogP contribution in [0.3, 0.4) is 0 Å². The molecular formula is C13H17N5. The first-order chi connectivity index (χ1) is 8.83. The SMILES string of the molecule is Cc1cncc(N2CCC(n3cccn3)CC2)n1. The Balaban J connectivity index is 1.67. The predicted molar refractivity (Wildman–Crippen MR) is 69.5 cm³/mol. The zero-order chi connectivity index (χ0) is 12.4. The summed E-state index contributed by atoms with van der Waals surface area (Å²) in [6, 6.07) is 2.51. The number of anilines is 1. The molecule has 0 unspecified atom stereocenters. The molecule has 0 radical (unpaired) electrons. The van der Waals surface area contributed by atoms with Gasteiger partial charge in [-0.05, 0) is 25.8 Å². The molecule has 1 aliphatic rings.